The molecule has 1 saturated carbocycles. The molecule has 3 heterocycles. The van der Waals surface area contributed by atoms with Crippen LogP contribution in [0.15, 0.2) is 24.4 Å². The van der Waals surface area contributed by atoms with Crippen LogP contribution in [-0.4, -0.2) is 44.5 Å². The minimum Gasteiger partial charge on any atom is -0.486 e. The third-order valence-corrected chi connectivity index (χ3v) is 6.96. The van der Waals surface area contributed by atoms with E-state index in [0.29, 0.717) is 6.10 Å². The summed E-state index contributed by atoms with van der Waals surface area (Å²) in [6, 6.07) is 4.56. The lowest BCUT2D eigenvalue weighted by molar-refractivity contribution is 0.0394. The molecule has 3 atom stereocenters. The predicted octanol–water partition coefficient (Wildman–Crippen LogP) is 3.46. The van der Waals surface area contributed by atoms with Crippen molar-refractivity contribution >= 4 is 7.28 Å². The van der Waals surface area contributed by atoms with E-state index >= 15 is 0 Å². The number of piperidine rings is 1. The topological polar surface area (TPSA) is 24.5 Å². The van der Waals surface area contributed by atoms with Crippen molar-refractivity contribution in [2.45, 2.75) is 56.8 Å². The van der Waals surface area contributed by atoms with E-state index in [4.69, 9.17) is 4.74 Å². The summed E-state index contributed by atoms with van der Waals surface area (Å²) in [6.45, 7) is 10.9. The molecule has 26 heavy (non-hydrogen) atoms. The molecule has 0 amide bonds. The van der Waals surface area contributed by atoms with E-state index in [-0.39, 0.29) is 0 Å². The SMILES string of the molecule is C=C(CC1CCCNC1)N1CC(Oc2ccc3c(c2C)C[B]C2CC32)C1. The number of ether oxygens (including phenoxy) is 1. The van der Waals surface area contributed by atoms with Crippen LogP contribution in [0, 0.1) is 12.8 Å². The number of allylic oxidation sites excluding steroid dienone is 1. The lowest BCUT2D eigenvalue weighted by atomic mass is 9.61. The molecule has 3 aliphatic heterocycles. The van der Waals surface area contributed by atoms with E-state index < -0.39 is 0 Å². The van der Waals surface area contributed by atoms with Crippen LogP contribution in [0.4, 0.5) is 0 Å². The second-order valence-corrected chi connectivity index (χ2v) is 8.83. The Morgan fingerprint density at radius 3 is 3.08 bits per heavy atom. The highest BCUT2D eigenvalue weighted by Crippen LogP contribution is 2.57. The highest BCUT2D eigenvalue weighted by atomic mass is 16.5. The summed E-state index contributed by atoms with van der Waals surface area (Å²) in [5, 5.41) is 3.51. The molecule has 4 heteroatoms. The zero-order valence-electron chi connectivity index (χ0n) is 16.0. The third kappa shape index (κ3) is 3.07. The molecule has 1 aliphatic carbocycles. The zero-order valence-corrected chi connectivity index (χ0v) is 16.0. The molecule has 3 fully saturated rings. The van der Waals surface area contributed by atoms with Crippen LogP contribution in [0.3, 0.4) is 0 Å². The fourth-order valence-electron chi connectivity index (χ4n) is 5.12. The van der Waals surface area contributed by atoms with Gasteiger partial charge in [0, 0.05) is 5.70 Å². The van der Waals surface area contributed by atoms with Gasteiger partial charge in [0.2, 0.25) is 0 Å². The van der Waals surface area contributed by atoms with Crippen molar-refractivity contribution in [3.63, 3.8) is 0 Å². The van der Waals surface area contributed by atoms with Gasteiger partial charge in [-0.2, -0.15) is 0 Å². The molecule has 0 bridgehead atoms. The Kier molecular flexibility index (Phi) is 4.27. The van der Waals surface area contributed by atoms with E-state index in [1.807, 2.05) is 0 Å². The van der Waals surface area contributed by atoms with E-state index in [9.17, 15) is 0 Å². The Bertz CT molecular complexity index is 706. The first-order valence-corrected chi connectivity index (χ1v) is 10.4. The van der Waals surface area contributed by atoms with Crippen molar-refractivity contribution in [1.82, 2.24) is 10.2 Å². The summed E-state index contributed by atoms with van der Waals surface area (Å²) < 4.78 is 6.36. The van der Waals surface area contributed by atoms with Crippen LogP contribution < -0.4 is 10.1 Å². The van der Waals surface area contributed by atoms with Crippen molar-refractivity contribution in [2.24, 2.45) is 5.92 Å². The minimum absolute atomic E-state index is 0.314. The van der Waals surface area contributed by atoms with Gasteiger partial charge in [0.25, 0.3) is 0 Å². The molecule has 1 aromatic carbocycles. The Hall–Kier alpha value is -1.42. The first-order valence-electron chi connectivity index (χ1n) is 10.4. The number of nitrogens with one attached hydrogen (secondary N) is 1. The summed E-state index contributed by atoms with van der Waals surface area (Å²) in [4.78, 5) is 2.41. The molecule has 2 saturated heterocycles. The van der Waals surface area contributed by atoms with Crippen LogP contribution in [0.2, 0.25) is 5.82 Å². The largest absolute Gasteiger partial charge is 0.486 e. The van der Waals surface area contributed by atoms with E-state index in [2.05, 4.69) is 43.1 Å². The Labute approximate surface area is 158 Å². The minimum atomic E-state index is 0.314. The predicted molar refractivity (Wildman–Crippen MR) is 107 cm³/mol. The molecule has 1 aromatic rings. The quantitative estimate of drug-likeness (QED) is 0.824. The highest BCUT2D eigenvalue weighted by molar-refractivity contribution is 6.39. The van der Waals surface area contributed by atoms with Gasteiger partial charge in [-0.25, -0.2) is 0 Å². The van der Waals surface area contributed by atoms with Gasteiger partial charge < -0.3 is 15.0 Å². The average molecular weight is 349 g/mol. The molecular weight excluding hydrogens is 319 g/mol. The number of likely N-dealkylation sites (tertiary alicyclic amines) is 1. The first kappa shape index (κ1) is 16.7. The fraction of sp³-hybridized carbons (Fsp3) is 0.636. The van der Waals surface area contributed by atoms with Crippen LogP contribution in [0.1, 0.15) is 48.3 Å². The standard InChI is InChI=1S/C22H30BN2O/c1-14(8-16-4-3-7-24-11-16)25-12-17(13-25)26-22-6-5-18-19-9-21(19)23-10-20(18)15(22)2/h5-6,16-17,19,21,24H,1,3-4,7-13H2,2H3. The second-order valence-electron chi connectivity index (χ2n) is 8.83. The van der Waals surface area contributed by atoms with Crippen molar-refractivity contribution in [3.05, 3.63) is 41.1 Å². The van der Waals surface area contributed by atoms with Gasteiger partial charge in [0.1, 0.15) is 19.1 Å². The molecule has 1 N–H and O–H groups in total. The molecular formula is C22H30BN2O. The smallest absolute Gasteiger partial charge is 0.133 e. The van der Waals surface area contributed by atoms with Gasteiger partial charge in [-0.05, 0) is 73.9 Å². The van der Waals surface area contributed by atoms with E-state index in [1.54, 1.807) is 5.56 Å². The Morgan fingerprint density at radius 1 is 1.38 bits per heavy atom. The summed E-state index contributed by atoms with van der Waals surface area (Å²) in [7, 11) is 2.51. The number of fused-ring (bicyclic) bond motifs is 3. The van der Waals surface area contributed by atoms with Crippen molar-refractivity contribution in [2.75, 3.05) is 26.2 Å². The fourth-order valence-corrected chi connectivity index (χ4v) is 5.12. The zero-order chi connectivity index (χ0) is 17.7. The first-order chi connectivity index (χ1) is 12.7. The molecule has 0 spiro atoms. The molecule has 3 unspecified atom stereocenters. The molecule has 3 nitrogen and oxygen atoms in total. The van der Waals surface area contributed by atoms with Gasteiger partial charge in [0.05, 0.1) is 13.1 Å². The van der Waals surface area contributed by atoms with E-state index in [0.717, 1.165) is 55.8 Å². The monoisotopic (exact) mass is 349 g/mol. The summed E-state index contributed by atoms with van der Waals surface area (Å²) in [5.41, 5.74) is 5.79. The van der Waals surface area contributed by atoms with E-state index in [1.165, 1.54) is 42.6 Å². The summed E-state index contributed by atoms with van der Waals surface area (Å²) in [6.07, 6.45) is 6.59. The Morgan fingerprint density at radius 2 is 2.27 bits per heavy atom. The maximum absolute atomic E-state index is 6.36. The van der Waals surface area contributed by atoms with Gasteiger partial charge in [-0.3, -0.25) is 0 Å². The number of nitrogens with zero attached hydrogens (tertiary/aromatic N) is 1. The third-order valence-electron chi connectivity index (χ3n) is 6.96. The molecule has 5 rings (SSSR count). The highest BCUT2D eigenvalue weighted by Gasteiger charge is 2.43. The van der Waals surface area contributed by atoms with Crippen molar-refractivity contribution in [1.29, 1.82) is 0 Å². The lowest BCUT2D eigenvalue weighted by Crippen LogP contribution is -2.53. The normalized spacial score (nSPS) is 29.9. The summed E-state index contributed by atoms with van der Waals surface area (Å²) in [5.74, 6) is 3.53. The average Bonchev–Trinajstić information content (AvgIpc) is 3.40. The van der Waals surface area contributed by atoms with Crippen LogP contribution in [0.25, 0.3) is 0 Å². The Balaban J connectivity index is 1.16. The van der Waals surface area contributed by atoms with Crippen LogP contribution in [-0.2, 0) is 6.32 Å². The molecule has 0 aromatic heterocycles. The van der Waals surface area contributed by atoms with Crippen molar-refractivity contribution in [3.8, 4) is 5.75 Å². The summed E-state index contributed by atoms with van der Waals surface area (Å²) >= 11 is 0. The van der Waals surface area contributed by atoms with Gasteiger partial charge in [-0.1, -0.05) is 31.2 Å². The maximum atomic E-state index is 6.36. The van der Waals surface area contributed by atoms with Gasteiger partial charge in [0.15, 0.2) is 0 Å². The number of hydrogen-bond acceptors (Lipinski definition) is 3. The number of hydrogen-bond donors (Lipinski definition) is 1. The van der Waals surface area contributed by atoms with Crippen LogP contribution >= 0.6 is 0 Å². The molecule has 4 aliphatic rings. The molecule has 137 valence electrons. The van der Waals surface area contributed by atoms with Crippen molar-refractivity contribution < 1.29 is 4.74 Å². The molecule has 1 radical (unpaired) electrons. The second kappa shape index (κ2) is 6.63. The lowest BCUT2D eigenvalue weighted by Gasteiger charge is -2.43. The van der Waals surface area contributed by atoms with Gasteiger partial charge in [-0.15, -0.1) is 0 Å². The van der Waals surface area contributed by atoms with Gasteiger partial charge >= 0.3 is 0 Å². The number of benzene rings is 1. The maximum Gasteiger partial charge on any atom is 0.133 e. The number of rotatable bonds is 5. The van der Waals surface area contributed by atoms with Crippen LogP contribution in [0.5, 0.6) is 5.75 Å².